The van der Waals surface area contributed by atoms with Gasteiger partial charge in [-0.25, -0.2) is 0 Å². The molecule has 2 aromatic rings. The summed E-state index contributed by atoms with van der Waals surface area (Å²) in [6, 6.07) is 16.7. The van der Waals surface area contributed by atoms with Crippen molar-refractivity contribution in [2.24, 2.45) is 0 Å². The second kappa shape index (κ2) is 6.95. The summed E-state index contributed by atoms with van der Waals surface area (Å²) < 4.78 is 0. The van der Waals surface area contributed by atoms with Gasteiger partial charge in [-0.2, -0.15) is 11.8 Å². The van der Waals surface area contributed by atoms with E-state index in [9.17, 15) is 4.79 Å². The van der Waals surface area contributed by atoms with E-state index in [0.717, 1.165) is 23.4 Å². The summed E-state index contributed by atoms with van der Waals surface area (Å²) in [7, 11) is 0. The molecule has 2 aromatic carbocycles. The molecule has 0 aromatic heterocycles. The van der Waals surface area contributed by atoms with Crippen LogP contribution in [-0.4, -0.2) is 6.29 Å². The van der Waals surface area contributed by atoms with Crippen LogP contribution in [0.1, 0.15) is 47.8 Å². The molecule has 0 aliphatic heterocycles. The number of carbonyl (C=O) groups excluding carboxylic acids is 1. The second-order valence-corrected chi connectivity index (χ2v) is 7.29. The molecule has 0 bridgehead atoms. The van der Waals surface area contributed by atoms with Crippen molar-refractivity contribution in [1.82, 2.24) is 0 Å². The molecule has 0 radical (unpaired) electrons. The van der Waals surface area contributed by atoms with E-state index in [1.807, 2.05) is 30.0 Å². The number of aldehydes is 1. The Bertz CT molecular complexity index is 594. The molecule has 2 rings (SSSR count). The van der Waals surface area contributed by atoms with Crippen LogP contribution in [-0.2, 0) is 16.9 Å². The molecule has 21 heavy (non-hydrogen) atoms. The van der Waals surface area contributed by atoms with Gasteiger partial charge in [0.2, 0.25) is 0 Å². The van der Waals surface area contributed by atoms with Crippen LogP contribution in [0.3, 0.4) is 0 Å². The van der Waals surface area contributed by atoms with Crippen LogP contribution in [0.15, 0.2) is 48.5 Å². The van der Waals surface area contributed by atoms with Crippen LogP contribution >= 0.6 is 11.8 Å². The molecule has 0 amide bonds. The maximum atomic E-state index is 10.8. The van der Waals surface area contributed by atoms with Gasteiger partial charge in [-0.05, 0) is 28.2 Å². The molecule has 1 nitrogen and oxygen atoms in total. The average Bonchev–Trinajstić information content (AvgIpc) is 2.47. The minimum atomic E-state index is 0.209. The molecule has 0 aliphatic carbocycles. The van der Waals surface area contributed by atoms with Crippen LogP contribution in [0.5, 0.6) is 0 Å². The lowest BCUT2D eigenvalue weighted by molar-refractivity contribution is 0.112. The molecule has 110 valence electrons. The van der Waals surface area contributed by atoms with Crippen LogP contribution in [0.25, 0.3) is 0 Å². The van der Waals surface area contributed by atoms with Crippen molar-refractivity contribution < 1.29 is 4.79 Å². The van der Waals surface area contributed by atoms with Gasteiger partial charge in [0.1, 0.15) is 6.29 Å². The molecular weight excluding hydrogens is 276 g/mol. The van der Waals surface area contributed by atoms with Crippen molar-refractivity contribution in [1.29, 1.82) is 0 Å². The Kier molecular flexibility index (Phi) is 5.24. The summed E-state index contributed by atoms with van der Waals surface area (Å²) in [6.07, 6.45) is 0.902. The lowest BCUT2D eigenvalue weighted by Gasteiger charge is -2.19. The normalized spacial score (nSPS) is 11.4. The molecule has 2 heteroatoms. The zero-order chi connectivity index (χ0) is 15.3. The number of carbonyl (C=O) groups is 1. The molecule has 0 saturated heterocycles. The zero-order valence-electron chi connectivity index (χ0n) is 12.9. The van der Waals surface area contributed by atoms with Gasteiger partial charge in [0.15, 0.2) is 0 Å². The SMILES string of the molecule is CC(C)(C)c1ccc(CSCc2cccc(C=O)c2)cc1. The molecular formula is C19H22OS. The maximum absolute atomic E-state index is 10.8. The van der Waals surface area contributed by atoms with E-state index < -0.39 is 0 Å². The van der Waals surface area contributed by atoms with E-state index in [1.54, 1.807) is 0 Å². The lowest BCUT2D eigenvalue weighted by Crippen LogP contribution is -2.10. The minimum Gasteiger partial charge on any atom is -0.298 e. The number of hydrogen-bond acceptors (Lipinski definition) is 2. The number of benzene rings is 2. The van der Waals surface area contributed by atoms with Gasteiger partial charge in [0, 0.05) is 17.1 Å². The summed E-state index contributed by atoms with van der Waals surface area (Å²) in [6.45, 7) is 6.70. The van der Waals surface area contributed by atoms with Crippen molar-refractivity contribution in [2.75, 3.05) is 0 Å². The highest BCUT2D eigenvalue weighted by Gasteiger charge is 2.12. The van der Waals surface area contributed by atoms with Crippen LogP contribution in [0, 0.1) is 0 Å². The van der Waals surface area contributed by atoms with Crippen LogP contribution in [0.2, 0.25) is 0 Å². The van der Waals surface area contributed by atoms with Gasteiger partial charge in [0.25, 0.3) is 0 Å². The quantitative estimate of drug-likeness (QED) is 0.703. The van der Waals surface area contributed by atoms with Crippen LogP contribution in [0.4, 0.5) is 0 Å². The fourth-order valence-electron chi connectivity index (χ4n) is 2.14. The van der Waals surface area contributed by atoms with Gasteiger partial charge < -0.3 is 0 Å². The van der Waals surface area contributed by atoms with Crippen LogP contribution < -0.4 is 0 Å². The molecule has 0 spiro atoms. The van der Waals surface area contributed by atoms with Crippen molar-refractivity contribution in [2.45, 2.75) is 37.7 Å². The minimum absolute atomic E-state index is 0.209. The molecule has 0 unspecified atom stereocenters. The topological polar surface area (TPSA) is 17.1 Å². The fourth-order valence-corrected chi connectivity index (χ4v) is 3.09. The van der Waals surface area contributed by atoms with Gasteiger partial charge in [0.05, 0.1) is 0 Å². The van der Waals surface area contributed by atoms with Crippen molar-refractivity contribution >= 4 is 18.0 Å². The standard InChI is InChI=1S/C19H22OS/c1-19(2,3)18-9-7-15(8-10-18)13-21-14-17-6-4-5-16(11-17)12-20/h4-12H,13-14H2,1-3H3. The van der Waals surface area contributed by atoms with Gasteiger partial charge in [-0.15, -0.1) is 0 Å². The summed E-state index contributed by atoms with van der Waals surface area (Å²) in [5.74, 6) is 1.93. The van der Waals surface area contributed by atoms with Gasteiger partial charge in [-0.3, -0.25) is 4.79 Å². The highest BCUT2D eigenvalue weighted by atomic mass is 32.2. The lowest BCUT2D eigenvalue weighted by atomic mass is 9.87. The molecule has 0 fully saturated rings. The predicted octanol–water partition coefficient (Wildman–Crippen LogP) is 5.23. The summed E-state index contributed by atoms with van der Waals surface area (Å²) >= 11 is 1.88. The Morgan fingerprint density at radius 2 is 1.62 bits per heavy atom. The predicted molar refractivity (Wildman–Crippen MR) is 92.0 cm³/mol. The van der Waals surface area contributed by atoms with E-state index >= 15 is 0 Å². The third-order valence-corrected chi connectivity index (χ3v) is 4.52. The highest BCUT2D eigenvalue weighted by molar-refractivity contribution is 7.97. The first kappa shape index (κ1) is 15.8. The molecule has 0 N–H and O–H groups in total. The first-order chi connectivity index (χ1) is 9.99. The number of thioether (sulfide) groups is 1. The Labute approximate surface area is 131 Å². The van der Waals surface area contributed by atoms with Crippen molar-refractivity contribution in [3.8, 4) is 0 Å². The largest absolute Gasteiger partial charge is 0.298 e. The van der Waals surface area contributed by atoms with E-state index in [4.69, 9.17) is 0 Å². The smallest absolute Gasteiger partial charge is 0.150 e. The second-order valence-electron chi connectivity index (χ2n) is 6.30. The first-order valence-corrected chi connectivity index (χ1v) is 8.36. The van der Waals surface area contributed by atoms with E-state index in [0.29, 0.717) is 0 Å². The molecule has 0 saturated carbocycles. The Morgan fingerprint density at radius 3 is 2.24 bits per heavy atom. The van der Waals surface area contributed by atoms with Gasteiger partial charge >= 0.3 is 0 Å². The third kappa shape index (κ3) is 4.75. The summed E-state index contributed by atoms with van der Waals surface area (Å²) in [5.41, 5.74) is 4.88. The Balaban J connectivity index is 1.90. The monoisotopic (exact) mass is 298 g/mol. The summed E-state index contributed by atoms with van der Waals surface area (Å²) in [5, 5.41) is 0. The molecule has 0 heterocycles. The Morgan fingerprint density at radius 1 is 0.952 bits per heavy atom. The molecule has 0 atom stereocenters. The van der Waals surface area contributed by atoms with Crippen molar-refractivity contribution in [3.63, 3.8) is 0 Å². The average molecular weight is 298 g/mol. The van der Waals surface area contributed by atoms with E-state index in [1.165, 1.54) is 16.7 Å². The first-order valence-electron chi connectivity index (χ1n) is 7.20. The number of hydrogen-bond donors (Lipinski definition) is 0. The maximum Gasteiger partial charge on any atom is 0.150 e. The Hall–Kier alpha value is -1.54. The summed E-state index contributed by atoms with van der Waals surface area (Å²) in [4.78, 5) is 10.8. The third-order valence-electron chi connectivity index (χ3n) is 3.44. The van der Waals surface area contributed by atoms with Gasteiger partial charge in [-0.1, -0.05) is 63.2 Å². The highest BCUT2D eigenvalue weighted by Crippen LogP contribution is 2.24. The molecule has 0 aliphatic rings. The van der Waals surface area contributed by atoms with E-state index in [-0.39, 0.29) is 5.41 Å². The van der Waals surface area contributed by atoms with Crippen molar-refractivity contribution in [3.05, 3.63) is 70.8 Å². The number of rotatable bonds is 5. The zero-order valence-corrected chi connectivity index (χ0v) is 13.7. The van der Waals surface area contributed by atoms with E-state index in [2.05, 4.69) is 51.1 Å². The fraction of sp³-hybridized carbons (Fsp3) is 0.316.